The van der Waals surface area contributed by atoms with Crippen LogP contribution in [0.2, 0.25) is 0 Å². The molecule has 0 spiro atoms. The van der Waals surface area contributed by atoms with E-state index in [1.807, 2.05) is 25.1 Å². The average molecular weight is 236 g/mol. The third-order valence-electron chi connectivity index (χ3n) is 2.41. The van der Waals surface area contributed by atoms with E-state index in [1.165, 1.54) is 16.4 Å². The number of aromatic nitrogens is 1. The van der Waals surface area contributed by atoms with E-state index in [0.29, 0.717) is 12.4 Å². The molecule has 1 amide bonds. The molecule has 0 saturated heterocycles. The molecule has 1 heterocycles. The van der Waals surface area contributed by atoms with Crippen LogP contribution in [0, 0.1) is 6.92 Å². The van der Waals surface area contributed by atoms with Gasteiger partial charge in [-0.2, -0.15) is 4.37 Å². The summed E-state index contributed by atoms with van der Waals surface area (Å²) in [6.07, 6.45) is -0.962. The van der Waals surface area contributed by atoms with Crippen LogP contribution in [0.1, 0.15) is 12.5 Å². The molecule has 16 heavy (non-hydrogen) atoms. The van der Waals surface area contributed by atoms with E-state index in [4.69, 9.17) is 5.11 Å². The van der Waals surface area contributed by atoms with Crippen molar-refractivity contribution >= 4 is 33.5 Å². The molecule has 84 valence electrons. The molecule has 1 N–H and O–H groups in total. The summed E-state index contributed by atoms with van der Waals surface area (Å²) < 4.78 is 5.23. The van der Waals surface area contributed by atoms with Crippen LogP contribution in [-0.4, -0.2) is 22.1 Å². The minimum atomic E-state index is -0.962. The second kappa shape index (κ2) is 4.09. The Morgan fingerprint density at radius 3 is 2.94 bits per heavy atom. The highest BCUT2D eigenvalue weighted by atomic mass is 32.1. The maximum atomic E-state index is 11.0. The van der Waals surface area contributed by atoms with Crippen LogP contribution in [0.15, 0.2) is 18.2 Å². The van der Waals surface area contributed by atoms with Gasteiger partial charge in [0.25, 0.3) is 0 Å². The summed E-state index contributed by atoms with van der Waals surface area (Å²) in [6.45, 7) is 4.19. The number of carbonyl (C=O) groups is 1. The highest BCUT2D eigenvalue weighted by Gasteiger charge is 2.18. The van der Waals surface area contributed by atoms with Crippen molar-refractivity contribution in [3.05, 3.63) is 23.8 Å². The highest BCUT2D eigenvalue weighted by molar-refractivity contribution is 7.13. The molecule has 2 aromatic rings. The van der Waals surface area contributed by atoms with Gasteiger partial charge in [0.1, 0.15) is 0 Å². The first-order valence-corrected chi connectivity index (χ1v) is 5.77. The van der Waals surface area contributed by atoms with Gasteiger partial charge in [-0.1, -0.05) is 11.6 Å². The van der Waals surface area contributed by atoms with Crippen LogP contribution in [-0.2, 0) is 0 Å². The fraction of sp³-hybridized carbons (Fsp3) is 0.273. The summed E-state index contributed by atoms with van der Waals surface area (Å²) in [5.74, 6) is 0.540. The number of hydrogen-bond acceptors (Lipinski definition) is 3. The molecular formula is C11H12N2O2S. The number of benzene rings is 1. The second-order valence-corrected chi connectivity index (χ2v) is 4.34. The molecule has 0 aliphatic heterocycles. The van der Waals surface area contributed by atoms with Gasteiger partial charge in [-0.15, -0.1) is 0 Å². The van der Waals surface area contributed by atoms with Gasteiger partial charge in [0.15, 0.2) is 5.82 Å². The normalized spacial score (nSPS) is 10.6. The van der Waals surface area contributed by atoms with Crippen molar-refractivity contribution in [2.75, 3.05) is 11.4 Å². The summed E-state index contributed by atoms with van der Waals surface area (Å²) in [6, 6.07) is 5.95. The van der Waals surface area contributed by atoms with E-state index >= 15 is 0 Å². The van der Waals surface area contributed by atoms with Crippen molar-refractivity contribution in [1.82, 2.24) is 4.37 Å². The number of hydrogen-bond donors (Lipinski definition) is 1. The minimum Gasteiger partial charge on any atom is -0.465 e. The fourth-order valence-corrected chi connectivity index (χ4v) is 2.37. The SMILES string of the molecule is CCN(C(=O)O)c1nsc2ccc(C)cc12. The molecule has 0 aliphatic carbocycles. The van der Waals surface area contributed by atoms with E-state index in [2.05, 4.69) is 4.37 Å². The van der Waals surface area contributed by atoms with Gasteiger partial charge >= 0.3 is 6.09 Å². The number of amides is 1. The fourth-order valence-electron chi connectivity index (χ4n) is 1.61. The largest absolute Gasteiger partial charge is 0.465 e. The lowest BCUT2D eigenvalue weighted by molar-refractivity contribution is 0.202. The Morgan fingerprint density at radius 1 is 1.56 bits per heavy atom. The van der Waals surface area contributed by atoms with Crippen molar-refractivity contribution in [1.29, 1.82) is 0 Å². The quantitative estimate of drug-likeness (QED) is 0.871. The van der Waals surface area contributed by atoms with Gasteiger partial charge in [-0.05, 0) is 37.5 Å². The molecule has 0 atom stereocenters. The van der Waals surface area contributed by atoms with Crippen molar-refractivity contribution < 1.29 is 9.90 Å². The number of nitrogens with zero attached hydrogens (tertiary/aromatic N) is 2. The van der Waals surface area contributed by atoms with E-state index in [9.17, 15) is 4.79 Å². The summed E-state index contributed by atoms with van der Waals surface area (Å²) in [5.41, 5.74) is 1.11. The lowest BCUT2D eigenvalue weighted by Crippen LogP contribution is -2.29. The molecule has 0 fully saturated rings. The molecule has 4 nitrogen and oxygen atoms in total. The number of carboxylic acid groups (broad SMARTS) is 1. The summed E-state index contributed by atoms with van der Waals surface area (Å²) in [4.78, 5) is 12.3. The van der Waals surface area contributed by atoms with Gasteiger partial charge in [0, 0.05) is 11.9 Å². The zero-order chi connectivity index (χ0) is 11.7. The van der Waals surface area contributed by atoms with Crippen LogP contribution < -0.4 is 4.90 Å². The second-order valence-electron chi connectivity index (χ2n) is 3.53. The third-order valence-corrected chi connectivity index (χ3v) is 3.23. The van der Waals surface area contributed by atoms with Crippen molar-refractivity contribution in [2.24, 2.45) is 0 Å². The number of aryl methyl sites for hydroxylation is 1. The van der Waals surface area contributed by atoms with Crippen LogP contribution in [0.5, 0.6) is 0 Å². The summed E-state index contributed by atoms with van der Waals surface area (Å²) in [5, 5.41) is 9.98. The van der Waals surface area contributed by atoms with E-state index < -0.39 is 6.09 Å². The Kier molecular flexibility index (Phi) is 2.78. The van der Waals surface area contributed by atoms with E-state index in [-0.39, 0.29) is 0 Å². The smallest absolute Gasteiger partial charge is 0.413 e. The number of anilines is 1. The first-order valence-electron chi connectivity index (χ1n) is 5.00. The Labute approximate surface area is 97.3 Å². The standard InChI is InChI=1S/C11H12N2O2S/c1-3-13(11(14)15)10-8-6-7(2)4-5-9(8)16-12-10/h4-6H,3H2,1-2H3,(H,14,15). The zero-order valence-electron chi connectivity index (χ0n) is 9.10. The number of rotatable bonds is 2. The van der Waals surface area contributed by atoms with Crippen LogP contribution in [0.25, 0.3) is 10.1 Å². The predicted octanol–water partition coefficient (Wildman–Crippen LogP) is 3.11. The lowest BCUT2D eigenvalue weighted by Gasteiger charge is -2.14. The predicted molar refractivity (Wildman–Crippen MR) is 65.4 cm³/mol. The molecule has 0 bridgehead atoms. The monoisotopic (exact) mass is 236 g/mol. The van der Waals surface area contributed by atoms with E-state index in [1.54, 1.807) is 6.92 Å². The van der Waals surface area contributed by atoms with Crippen molar-refractivity contribution in [3.8, 4) is 0 Å². The van der Waals surface area contributed by atoms with Gasteiger partial charge in [-0.3, -0.25) is 4.90 Å². The zero-order valence-corrected chi connectivity index (χ0v) is 9.91. The summed E-state index contributed by atoms with van der Waals surface area (Å²) in [7, 11) is 0. The Bertz CT molecular complexity index is 536. The molecule has 0 radical (unpaired) electrons. The first-order chi connectivity index (χ1) is 7.63. The maximum Gasteiger partial charge on any atom is 0.413 e. The average Bonchev–Trinajstić information content (AvgIpc) is 2.62. The topological polar surface area (TPSA) is 53.4 Å². The molecule has 2 rings (SSSR count). The van der Waals surface area contributed by atoms with Crippen LogP contribution >= 0.6 is 11.5 Å². The first kappa shape index (κ1) is 10.9. The molecule has 0 unspecified atom stereocenters. The van der Waals surface area contributed by atoms with Crippen LogP contribution in [0.4, 0.5) is 10.6 Å². The molecule has 5 heteroatoms. The van der Waals surface area contributed by atoms with Crippen molar-refractivity contribution in [3.63, 3.8) is 0 Å². The summed E-state index contributed by atoms with van der Waals surface area (Å²) >= 11 is 1.33. The van der Waals surface area contributed by atoms with E-state index in [0.717, 1.165) is 15.6 Å². The molecule has 1 aromatic heterocycles. The minimum absolute atomic E-state index is 0.405. The molecule has 0 aliphatic rings. The van der Waals surface area contributed by atoms with Crippen LogP contribution in [0.3, 0.4) is 0 Å². The van der Waals surface area contributed by atoms with Gasteiger partial charge in [-0.25, -0.2) is 4.79 Å². The van der Waals surface area contributed by atoms with Crippen molar-refractivity contribution in [2.45, 2.75) is 13.8 Å². The Hall–Kier alpha value is -1.62. The lowest BCUT2D eigenvalue weighted by atomic mass is 10.2. The third kappa shape index (κ3) is 1.74. The maximum absolute atomic E-state index is 11.0. The van der Waals surface area contributed by atoms with Gasteiger partial charge in [0.05, 0.1) is 4.70 Å². The van der Waals surface area contributed by atoms with Gasteiger partial charge < -0.3 is 5.11 Å². The Balaban J connectivity index is 2.59. The Morgan fingerprint density at radius 2 is 2.31 bits per heavy atom. The molecule has 0 saturated carbocycles. The van der Waals surface area contributed by atoms with Gasteiger partial charge in [0.2, 0.25) is 0 Å². The molecule has 1 aromatic carbocycles. The number of fused-ring (bicyclic) bond motifs is 1. The molecular weight excluding hydrogens is 224 g/mol. The highest BCUT2D eigenvalue weighted by Crippen LogP contribution is 2.30.